The second-order valence-corrected chi connectivity index (χ2v) is 4.62. The number of methoxy groups -OCH3 is 1. The Hall–Kier alpha value is -1.82. The lowest BCUT2D eigenvalue weighted by atomic mass is 9.91. The predicted molar refractivity (Wildman–Crippen MR) is 72.1 cm³/mol. The molecule has 1 aromatic rings. The van der Waals surface area contributed by atoms with E-state index in [1.807, 2.05) is 4.90 Å². The van der Waals surface area contributed by atoms with Gasteiger partial charge >= 0.3 is 5.97 Å². The number of nitrogens with two attached hydrogens (primary N) is 1. The molecule has 1 aliphatic rings. The Balaban J connectivity index is 2.29. The Bertz CT molecular complexity index is 460. The number of anilines is 2. The fourth-order valence-electron chi connectivity index (χ4n) is 2.19. The van der Waals surface area contributed by atoms with Crippen molar-refractivity contribution in [3.8, 4) is 0 Å². The van der Waals surface area contributed by atoms with Crippen molar-refractivity contribution in [3.05, 3.63) is 17.8 Å². The van der Waals surface area contributed by atoms with Crippen LogP contribution in [-0.2, 0) is 4.74 Å². The van der Waals surface area contributed by atoms with Gasteiger partial charge in [0, 0.05) is 12.6 Å². The highest BCUT2D eigenvalue weighted by atomic mass is 16.5. The van der Waals surface area contributed by atoms with E-state index in [1.54, 1.807) is 6.07 Å². The number of pyridine rings is 1. The first-order valence-electron chi connectivity index (χ1n) is 6.38. The highest BCUT2D eigenvalue weighted by molar-refractivity contribution is 5.95. The van der Waals surface area contributed by atoms with Gasteiger partial charge in [0.2, 0.25) is 0 Å². The van der Waals surface area contributed by atoms with Crippen LogP contribution >= 0.6 is 0 Å². The zero-order valence-corrected chi connectivity index (χ0v) is 11.0. The van der Waals surface area contributed by atoms with Crippen molar-refractivity contribution in [2.45, 2.75) is 25.3 Å². The third-order valence-electron chi connectivity index (χ3n) is 3.48. The van der Waals surface area contributed by atoms with Gasteiger partial charge in [0.05, 0.1) is 31.2 Å². The maximum atomic E-state index is 11.6. The minimum Gasteiger partial charge on any atom is -0.465 e. The molecule has 3 N–H and O–H groups in total. The molecule has 0 spiro atoms. The van der Waals surface area contributed by atoms with Crippen LogP contribution in [0.15, 0.2) is 12.3 Å². The zero-order chi connectivity index (χ0) is 13.8. The second kappa shape index (κ2) is 5.88. The largest absolute Gasteiger partial charge is 0.465 e. The molecule has 0 atom stereocenters. The van der Waals surface area contributed by atoms with Crippen LogP contribution in [0.3, 0.4) is 0 Å². The van der Waals surface area contributed by atoms with Gasteiger partial charge in [0.25, 0.3) is 0 Å². The van der Waals surface area contributed by atoms with Crippen molar-refractivity contribution in [1.82, 2.24) is 4.98 Å². The molecule has 1 saturated carbocycles. The fraction of sp³-hybridized carbons (Fsp3) is 0.538. The van der Waals surface area contributed by atoms with E-state index in [0.29, 0.717) is 29.7 Å². The monoisotopic (exact) mass is 265 g/mol. The molecule has 0 saturated heterocycles. The summed E-state index contributed by atoms with van der Waals surface area (Å²) in [5.41, 5.74) is 6.35. The van der Waals surface area contributed by atoms with Gasteiger partial charge in [-0.05, 0) is 25.3 Å². The summed E-state index contributed by atoms with van der Waals surface area (Å²) in [5, 5.41) is 9.16. The smallest absolute Gasteiger partial charge is 0.340 e. The molecule has 6 heteroatoms. The van der Waals surface area contributed by atoms with Crippen LogP contribution in [0, 0.1) is 0 Å². The summed E-state index contributed by atoms with van der Waals surface area (Å²) in [7, 11) is 1.32. The number of hydrogen-bond donors (Lipinski definition) is 2. The Morgan fingerprint density at radius 3 is 2.89 bits per heavy atom. The van der Waals surface area contributed by atoms with Crippen LogP contribution in [0.4, 0.5) is 11.5 Å². The summed E-state index contributed by atoms with van der Waals surface area (Å²) in [6, 6.07) is 2.02. The summed E-state index contributed by atoms with van der Waals surface area (Å²) in [4.78, 5) is 17.9. The number of nitrogen functional groups attached to an aromatic ring is 1. The maximum absolute atomic E-state index is 11.6. The topological polar surface area (TPSA) is 88.7 Å². The van der Waals surface area contributed by atoms with E-state index in [0.717, 1.165) is 12.8 Å². The second-order valence-electron chi connectivity index (χ2n) is 4.62. The van der Waals surface area contributed by atoms with Crippen LogP contribution in [0.25, 0.3) is 0 Å². The van der Waals surface area contributed by atoms with Gasteiger partial charge in [-0.2, -0.15) is 0 Å². The van der Waals surface area contributed by atoms with Gasteiger partial charge in [0.15, 0.2) is 0 Å². The number of aromatic nitrogens is 1. The molecular weight excluding hydrogens is 246 g/mol. The van der Waals surface area contributed by atoms with Crippen LogP contribution < -0.4 is 10.6 Å². The van der Waals surface area contributed by atoms with Gasteiger partial charge < -0.3 is 20.5 Å². The molecule has 0 bridgehead atoms. The zero-order valence-electron chi connectivity index (χ0n) is 11.0. The lowest BCUT2D eigenvalue weighted by Gasteiger charge is -2.38. The third kappa shape index (κ3) is 2.78. The summed E-state index contributed by atoms with van der Waals surface area (Å²) in [6.07, 6.45) is 4.81. The minimum atomic E-state index is -0.473. The first kappa shape index (κ1) is 13.6. The van der Waals surface area contributed by atoms with Gasteiger partial charge in [-0.1, -0.05) is 0 Å². The van der Waals surface area contributed by atoms with Gasteiger partial charge in [-0.25, -0.2) is 9.78 Å². The Morgan fingerprint density at radius 2 is 2.37 bits per heavy atom. The van der Waals surface area contributed by atoms with Crippen LogP contribution in [0.2, 0.25) is 0 Å². The molecule has 19 heavy (non-hydrogen) atoms. The average Bonchev–Trinajstić information content (AvgIpc) is 2.36. The lowest BCUT2D eigenvalue weighted by Crippen LogP contribution is -2.42. The third-order valence-corrected chi connectivity index (χ3v) is 3.48. The van der Waals surface area contributed by atoms with Gasteiger partial charge in [-0.15, -0.1) is 0 Å². The normalized spacial score (nSPS) is 14.8. The first-order valence-corrected chi connectivity index (χ1v) is 6.38. The van der Waals surface area contributed by atoms with E-state index in [4.69, 9.17) is 15.6 Å². The molecule has 1 fully saturated rings. The molecule has 0 aliphatic heterocycles. The van der Waals surface area contributed by atoms with Crippen molar-refractivity contribution >= 4 is 17.5 Å². The van der Waals surface area contributed by atoms with Crippen LogP contribution in [0.5, 0.6) is 0 Å². The number of hydrogen-bond acceptors (Lipinski definition) is 6. The molecular formula is C13H19N3O3. The van der Waals surface area contributed by atoms with E-state index in [-0.39, 0.29) is 6.61 Å². The van der Waals surface area contributed by atoms with Crippen molar-refractivity contribution in [2.75, 3.05) is 30.9 Å². The van der Waals surface area contributed by atoms with E-state index < -0.39 is 5.97 Å². The lowest BCUT2D eigenvalue weighted by molar-refractivity contribution is 0.0602. The molecule has 0 amide bonds. The number of carbonyl (C=O) groups excluding carboxylic acids is 1. The molecule has 104 valence electrons. The Kier molecular flexibility index (Phi) is 4.21. The average molecular weight is 265 g/mol. The van der Waals surface area contributed by atoms with Gasteiger partial charge in [0.1, 0.15) is 5.82 Å². The summed E-state index contributed by atoms with van der Waals surface area (Å²) < 4.78 is 4.70. The number of esters is 1. The van der Waals surface area contributed by atoms with Crippen LogP contribution in [-0.4, -0.2) is 42.4 Å². The first-order chi connectivity index (χ1) is 9.17. The summed E-state index contributed by atoms with van der Waals surface area (Å²) in [5.74, 6) is 0.187. The van der Waals surface area contributed by atoms with Crippen LogP contribution in [0.1, 0.15) is 29.6 Å². The quantitative estimate of drug-likeness (QED) is 0.766. The fourth-order valence-corrected chi connectivity index (χ4v) is 2.19. The van der Waals surface area contributed by atoms with Crippen molar-refractivity contribution in [3.63, 3.8) is 0 Å². The molecule has 1 aliphatic carbocycles. The van der Waals surface area contributed by atoms with Crippen molar-refractivity contribution in [1.29, 1.82) is 0 Å². The number of nitrogens with zero attached hydrogens (tertiary/aromatic N) is 2. The molecule has 0 radical (unpaired) electrons. The summed E-state index contributed by atoms with van der Waals surface area (Å²) >= 11 is 0. The Labute approximate surface area is 112 Å². The number of aliphatic hydroxyl groups excluding tert-OH is 1. The highest BCUT2D eigenvalue weighted by Crippen LogP contribution is 2.29. The van der Waals surface area contributed by atoms with E-state index in [2.05, 4.69) is 4.98 Å². The van der Waals surface area contributed by atoms with Crippen molar-refractivity contribution in [2.24, 2.45) is 0 Å². The maximum Gasteiger partial charge on any atom is 0.340 e. The SMILES string of the molecule is COC(=O)c1cc(N(CCO)C2CCC2)ncc1N. The van der Waals surface area contributed by atoms with E-state index in [1.165, 1.54) is 19.7 Å². The molecule has 1 heterocycles. The molecule has 1 aromatic heterocycles. The summed E-state index contributed by atoms with van der Waals surface area (Å²) in [6.45, 7) is 0.554. The number of aliphatic hydroxyl groups is 1. The molecule has 0 unspecified atom stereocenters. The van der Waals surface area contributed by atoms with Gasteiger partial charge in [-0.3, -0.25) is 0 Å². The predicted octanol–water partition coefficient (Wildman–Crippen LogP) is 0.802. The number of rotatable bonds is 5. The van der Waals surface area contributed by atoms with Crippen molar-refractivity contribution < 1.29 is 14.6 Å². The van der Waals surface area contributed by atoms with E-state index in [9.17, 15) is 4.79 Å². The van der Waals surface area contributed by atoms with E-state index >= 15 is 0 Å². The molecule has 0 aromatic carbocycles. The highest BCUT2D eigenvalue weighted by Gasteiger charge is 2.26. The Morgan fingerprint density at radius 1 is 1.63 bits per heavy atom. The molecule has 6 nitrogen and oxygen atoms in total. The minimum absolute atomic E-state index is 0.0517. The standard InChI is InChI=1S/C13H19N3O3/c1-19-13(18)10-7-12(15-8-11(10)14)16(5-6-17)9-3-2-4-9/h7-9,17H,2-6,14H2,1H3. The number of ether oxygens (including phenoxy) is 1. The number of carbonyl (C=O) groups is 1. The molecule has 2 rings (SSSR count).